The summed E-state index contributed by atoms with van der Waals surface area (Å²) >= 11 is 5.56. The average Bonchev–Trinajstić information content (AvgIpc) is 2.02. The topological polar surface area (TPSA) is 46.2 Å². The monoisotopic (exact) mass is 241 g/mol. The molecule has 3 nitrogen and oxygen atoms in total. The second-order valence-electron chi connectivity index (χ2n) is 3.85. The molecule has 0 saturated heterocycles. The highest BCUT2D eigenvalue weighted by Gasteiger charge is 2.17. The largest absolute Gasteiger partial charge is 0.212 e. The molecule has 0 aliphatic carbocycles. The molecule has 0 aromatic rings. The Hall–Kier alpha value is 0.200. The van der Waals surface area contributed by atoms with E-state index in [-0.39, 0.29) is 17.7 Å². The zero-order valence-electron chi connectivity index (χ0n) is 9.09. The molecule has 0 saturated carbocycles. The van der Waals surface area contributed by atoms with Crippen molar-refractivity contribution in [3.05, 3.63) is 0 Å². The van der Waals surface area contributed by atoms with Crippen LogP contribution in [0.15, 0.2) is 0 Å². The van der Waals surface area contributed by atoms with Crippen molar-refractivity contribution in [2.45, 2.75) is 39.7 Å². The SMILES string of the molecule is CCCC(C)NS(=O)(=O)CC(C)CCl. The summed E-state index contributed by atoms with van der Waals surface area (Å²) in [5.41, 5.74) is 0. The van der Waals surface area contributed by atoms with E-state index < -0.39 is 10.0 Å². The van der Waals surface area contributed by atoms with Gasteiger partial charge in [-0.2, -0.15) is 0 Å². The first-order valence-corrected chi connectivity index (χ1v) is 7.16. The van der Waals surface area contributed by atoms with Crippen molar-refractivity contribution in [2.24, 2.45) is 5.92 Å². The van der Waals surface area contributed by atoms with Crippen LogP contribution in [0, 0.1) is 5.92 Å². The Morgan fingerprint density at radius 1 is 1.36 bits per heavy atom. The van der Waals surface area contributed by atoms with Gasteiger partial charge in [-0.05, 0) is 19.3 Å². The van der Waals surface area contributed by atoms with Gasteiger partial charge in [-0.25, -0.2) is 13.1 Å². The lowest BCUT2D eigenvalue weighted by Crippen LogP contribution is -2.36. The third-order valence-electron chi connectivity index (χ3n) is 1.87. The van der Waals surface area contributed by atoms with Crippen molar-refractivity contribution >= 4 is 21.6 Å². The Labute approximate surface area is 92.3 Å². The molecule has 0 bridgehead atoms. The summed E-state index contributed by atoms with van der Waals surface area (Å²) in [5.74, 6) is 0.496. The van der Waals surface area contributed by atoms with Gasteiger partial charge in [0, 0.05) is 11.9 Å². The second-order valence-corrected chi connectivity index (χ2v) is 5.96. The van der Waals surface area contributed by atoms with E-state index in [4.69, 9.17) is 11.6 Å². The smallest absolute Gasteiger partial charge is 0.212 e. The minimum absolute atomic E-state index is 0.00277. The van der Waals surface area contributed by atoms with Gasteiger partial charge in [-0.15, -0.1) is 11.6 Å². The van der Waals surface area contributed by atoms with Crippen LogP contribution in [0.25, 0.3) is 0 Å². The van der Waals surface area contributed by atoms with Gasteiger partial charge in [0.15, 0.2) is 0 Å². The van der Waals surface area contributed by atoms with Crippen LogP contribution in [-0.2, 0) is 10.0 Å². The maximum absolute atomic E-state index is 11.5. The van der Waals surface area contributed by atoms with Crippen molar-refractivity contribution in [1.82, 2.24) is 4.72 Å². The van der Waals surface area contributed by atoms with E-state index in [9.17, 15) is 8.42 Å². The summed E-state index contributed by atoms with van der Waals surface area (Å²) in [7, 11) is -3.15. The van der Waals surface area contributed by atoms with Crippen LogP contribution in [0.4, 0.5) is 0 Å². The van der Waals surface area contributed by atoms with Gasteiger partial charge in [0.1, 0.15) is 0 Å². The molecule has 2 atom stereocenters. The van der Waals surface area contributed by atoms with Crippen molar-refractivity contribution in [1.29, 1.82) is 0 Å². The predicted molar refractivity (Wildman–Crippen MR) is 61.2 cm³/mol. The molecule has 1 N–H and O–H groups in total. The molecular formula is C9H20ClNO2S. The third-order valence-corrected chi connectivity index (χ3v) is 4.17. The van der Waals surface area contributed by atoms with Gasteiger partial charge in [0.2, 0.25) is 10.0 Å². The lowest BCUT2D eigenvalue weighted by Gasteiger charge is -2.14. The van der Waals surface area contributed by atoms with Crippen LogP contribution in [0.2, 0.25) is 0 Å². The van der Waals surface area contributed by atoms with Crippen LogP contribution in [0.1, 0.15) is 33.6 Å². The van der Waals surface area contributed by atoms with E-state index in [0.717, 1.165) is 12.8 Å². The number of halogens is 1. The van der Waals surface area contributed by atoms with E-state index in [1.165, 1.54) is 0 Å². The average molecular weight is 242 g/mol. The number of alkyl halides is 1. The molecule has 0 aliphatic heterocycles. The van der Waals surface area contributed by atoms with E-state index >= 15 is 0 Å². The molecule has 0 spiro atoms. The number of sulfonamides is 1. The van der Waals surface area contributed by atoms with Gasteiger partial charge in [0.25, 0.3) is 0 Å². The van der Waals surface area contributed by atoms with E-state index in [2.05, 4.69) is 4.72 Å². The highest BCUT2D eigenvalue weighted by atomic mass is 35.5. The van der Waals surface area contributed by atoms with Crippen LogP contribution >= 0.6 is 11.6 Å². The van der Waals surface area contributed by atoms with Crippen LogP contribution in [0.5, 0.6) is 0 Å². The van der Waals surface area contributed by atoms with Gasteiger partial charge in [-0.3, -0.25) is 0 Å². The van der Waals surface area contributed by atoms with Crippen LogP contribution in [0.3, 0.4) is 0 Å². The molecule has 0 radical (unpaired) electrons. The normalized spacial score (nSPS) is 16.6. The minimum Gasteiger partial charge on any atom is -0.212 e. The van der Waals surface area contributed by atoms with Gasteiger partial charge in [-0.1, -0.05) is 20.3 Å². The zero-order chi connectivity index (χ0) is 11.2. The van der Waals surface area contributed by atoms with Gasteiger partial charge >= 0.3 is 0 Å². The molecule has 2 unspecified atom stereocenters. The Bertz CT molecular complexity index is 241. The van der Waals surface area contributed by atoms with Crippen molar-refractivity contribution in [3.63, 3.8) is 0 Å². The first-order chi connectivity index (χ1) is 6.41. The van der Waals surface area contributed by atoms with Gasteiger partial charge < -0.3 is 0 Å². The summed E-state index contributed by atoms with van der Waals surface area (Å²) in [5, 5.41) is 0. The molecule has 0 aromatic carbocycles. The molecule has 0 heterocycles. The fraction of sp³-hybridized carbons (Fsp3) is 1.00. The molecule has 14 heavy (non-hydrogen) atoms. The Morgan fingerprint density at radius 3 is 2.36 bits per heavy atom. The maximum Gasteiger partial charge on any atom is 0.212 e. The zero-order valence-corrected chi connectivity index (χ0v) is 10.7. The Kier molecular flexibility index (Phi) is 6.74. The standard InChI is InChI=1S/C9H20ClNO2S/c1-4-5-9(3)11-14(12,13)7-8(2)6-10/h8-9,11H,4-7H2,1-3H3. The molecule has 0 aliphatic rings. The lowest BCUT2D eigenvalue weighted by atomic mass is 10.2. The van der Waals surface area contributed by atoms with Crippen LogP contribution in [-0.4, -0.2) is 26.1 Å². The fourth-order valence-electron chi connectivity index (χ4n) is 1.27. The summed E-state index contributed by atoms with van der Waals surface area (Å²) < 4.78 is 25.7. The number of hydrogen-bond donors (Lipinski definition) is 1. The first-order valence-electron chi connectivity index (χ1n) is 4.97. The molecule has 0 amide bonds. The predicted octanol–water partition coefficient (Wildman–Crippen LogP) is 1.97. The molecule has 0 rings (SSSR count). The fourth-order valence-corrected chi connectivity index (χ4v) is 3.20. The third kappa shape index (κ3) is 6.62. The number of nitrogens with one attached hydrogen (secondary N) is 1. The van der Waals surface area contributed by atoms with Crippen molar-refractivity contribution in [3.8, 4) is 0 Å². The number of rotatable bonds is 7. The summed E-state index contributed by atoms with van der Waals surface area (Å²) in [6.07, 6.45) is 1.85. The highest BCUT2D eigenvalue weighted by Crippen LogP contribution is 2.04. The molecule has 5 heteroatoms. The van der Waals surface area contributed by atoms with Crippen molar-refractivity contribution in [2.75, 3.05) is 11.6 Å². The highest BCUT2D eigenvalue weighted by molar-refractivity contribution is 7.89. The maximum atomic E-state index is 11.5. The number of hydrogen-bond acceptors (Lipinski definition) is 2. The molecule has 86 valence electrons. The van der Waals surface area contributed by atoms with E-state index in [1.54, 1.807) is 0 Å². The minimum atomic E-state index is -3.15. The van der Waals surface area contributed by atoms with Crippen molar-refractivity contribution < 1.29 is 8.42 Å². The first kappa shape index (κ1) is 14.2. The molecule has 0 fully saturated rings. The molecule has 0 aromatic heterocycles. The lowest BCUT2D eigenvalue weighted by molar-refractivity contribution is 0.535. The summed E-state index contributed by atoms with van der Waals surface area (Å²) in [4.78, 5) is 0. The van der Waals surface area contributed by atoms with Crippen LogP contribution < -0.4 is 4.72 Å². The molecular weight excluding hydrogens is 222 g/mol. The van der Waals surface area contributed by atoms with Gasteiger partial charge in [0.05, 0.1) is 5.75 Å². The second kappa shape index (κ2) is 6.64. The quantitative estimate of drug-likeness (QED) is 0.693. The summed E-state index contributed by atoms with van der Waals surface area (Å²) in [6.45, 7) is 5.75. The Balaban J connectivity index is 4.07. The Morgan fingerprint density at radius 2 is 1.93 bits per heavy atom. The van der Waals surface area contributed by atoms with E-state index in [1.807, 2.05) is 20.8 Å². The van der Waals surface area contributed by atoms with E-state index in [0.29, 0.717) is 5.88 Å². The summed E-state index contributed by atoms with van der Waals surface area (Å²) in [6, 6.07) is 0.0209.